The molecule has 0 bridgehead atoms. The zero-order valence-corrected chi connectivity index (χ0v) is 13.3. The third-order valence-electron chi connectivity index (χ3n) is 2.79. The quantitative estimate of drug-likeness (QED) is 0.515. The van der Waals surface area contributed by atoms with Crippen LogP contribution in [0, 0.1) is 0 Å². The van der Waals surface area contributed by atoms with E-state index in [9.17, 15) is 0 Å². The van der Waals surface area contributed by atoms with Gasteiger partial charge < -0.3 is 4.74 Å². The Hall–Kier alpha value is -1.70. The number of aromatic nitrogens is 4. The van der Waals surface area contributed by atoms with Crippen LogP contribution in [0.3, 0.4) is 0 Å². The number of ether oxygens (including phenoxy) is 1. The second-order valence-corrected chi connectivity index (χ2v) is 7.54. The van der Waals surface area contributed by atoms with E-state index in [1.54, 1.807) is 4.52 Å². The Kier molecular flexibility index (Phi) is 3.33. The molecule has 0 atom stereocenters. The minimum atomic E-state index is -0.0739. The number of para-hydroxylation sites is 1. The lowest BCUT2D eigenvalue weighted by Gasteiger charge is -2.11. The van der Waals surface area contributed by atoms with E-state index in [0.29, 0.717) is 6.01 Å². The van der Waals surface area contributed by atoms with E-state index >= 15 is 0 Å². The molecule has 0 saturated carbocycles. The molecule has 0 saturated heterocycles. The summed E-state index contributed by atoms with van der Waals surface area (Å²) in [5.74, 6) is 0.721. The lowest BCUT2D eigenvalue weighted by Crippen LogP contribution is -2.08. The van der Waals surface area contributed by atoms with E-state index in [-0.39, 0.29) is 3.42 Å². The van der Waals surface area contributed by atoms with Crippen molar-refractivity contribution >= 4 is 28.2 Å². The van der Waals surface area contributed by atoms with Crippen molar-refractivity contribution in [2.75, 3.05) is 0 Å². The van der Waals surface area contributed by atoms with Gasteiger partial charge in [-0.2, -0.15) is 14.6 Å². The van der Waals surface area contributed by atoms with Crippen LogP contribution in [-0.2, 0) is 3.42 Å². The Balaban J connectivity index is 2.05. The van der Waals surface area contributed by atoms with Gasteiger partial charge in [0.05, 0.1) is 9.12 Å². The van der Waals surface area contributed by atoms with Crippen LogP contribution >= 0.6 is 22.6 Å². The van der Waals surface area contributed by atoms with Crippen LogP contribution in [0.25, 0.3) is 5.65 Å². The first-order valence-electron chi connectivity index (χ1n) is 6.17. The topological polar surface area (TPSA) is 52.3 Å². The number of alkyl halides is 1. The van der Waals surface area contributed by atoms with Gasteiger partial charge in [-0.05, 0) is 26.0 Å². The molecule has 3 aromatic rings. The fraction of sp³-hybridized carbons (Fsp3) is 0.214. The van der Waals surface area contributed by atoms with Crippen LogP contribution in [0.4, 0.5) is 0 Å². The first-order chi connectivity index (χ1) is 9.54. The van der Waals surface area contributed by atoms with E-state index in [2.05, 4.69) is 51.5 Å². The molecule has 0 spiro atoms. The summed E-state index contributed by atoms with van der Waals surface area (Å²) in [5, 5.41) is 4.54. The lowest BCUT2D eigenvalue weighted by molar-refractivity contribution is 0.422. The van der Waals surface area contributed by atoms with E-state index < -0.39 is 0 Å². The van der Waals surface area contributed by atoms with Crippen LogP contribution in [0.2, 0.25) is 0 Å². The maximum atomic E-state index is 5.76. The Morgan fingerprint density at radius 1 is 1.15 bits per heavy atom. The standard InChI is InChI=1S/C14H13IN4O/c1-14(2,15)11-8-12-16-9-17-13(19(12)18-11)20-10-6-4-3-5-7-10/h3-9H,1-2H3. The number of nitrogens with zero attached hydrogens (tertiary/aromatic N) is 4. The van der Waals surface area contributed by atoms with Gasteiger partial charge in [-0.3, -0.25) is 0 Å². The summed E-state index contributed by atoms with van der Waals surface area (Å²) in [6, 6.07) is 11.9. The average molecular weight is 380 g/mol. The zero-order chi connectivity index (χ0) is 14.2. The highest BCUT2D eigenvalue weighted by Gasteiger charge is 2.21. The van der Waals surface area contributed by atoms with Gasteiger partial charge in [-0.15, -0.1) is 0 Å². The van der Waals surface area contributed by atoms with Crippen LogP contribution in [0.5, 0.6) is 11.8 Å². The Morgan fingerprint density at radius 3 is 2.60 bits per heavy atom. The number of halogens is 1. The third kappa shape index (κ3) is 2.60. The van der Waals surface area contributed by atoms with Gasteiger partial charge in [0.1, 0.15) is 12.1 Å². The molecular formula is C14H13IN4O. The second-order valence-electron chi connectivity index (χ2n) is 4.84. The van der Waals surface area contributed by atoms with Crippen LogP contribution in [0.15, 0.2) is 42.7 Å². The molecule has 6 heteroatoms. The number of benzene rings is 1. The van der Waals surface area contributed by atoms with Gasteiger partial charge in [0, 0.05) is 6.07 Å². The van der Waals surface area contributed by atoms with Gasteiger partial charge in [-0.25, -0.2) is 4.98 Å². The summed E-state index contributed by atoms with van der Waals surface area (Å²) < 4.78 is 7.32. The van der Waals surface area contributed by atoms with Gasteiger partial charge in [0.15, 0.2) is 5.65 Å². The molecule has 0 aliphatic heterocycles. The number of fused-ring (bicyclic) bond motifs is 1. The van der Waals surface area contributed by atoms with Crippen molar-refractivity contribution in [3.8, 4) is 11.8 Å². The minimum absolute atomic E-state index is 0.0739. The summed E-state index contributed by atoms with van der Waals surface area (Å²) in [5.41, 5.74) is 1.67. The Bertz CT molecular complexity index is 734. The molecule has 5 nitrogen and oxygen atoms in total. The summed E-state index contributed by atoms with van der Waals surface area (Å²) in [6.07, 6.45) is 1.49. The minimum Gasteiger partial charge on any atom is -0.424 e. The van der Waals surface area contributed by atoms with Crippen molar-refractivity contribution < 1.29 is 4.74 Å². The van der Waals surface area contributed by atoms with Crippen molar-refractivity contribution in [3.63, 3.8) is 0 Å². The molecule has 0 aliphatic rings. The maximum absolute atomic E-state index is 5.76. The smallest absolute Gasteiger partial charge is 0.326 e. The van der Waals surface area contributed by atoms with Gasteiger partial charge in [0.2, 0.25) is 0 Å². The lowest BCUT2D eigenvalue weighted by atomic mass is 10.1. The molecule has 0 aliphatic carbocycles. The highest BCUT2D eigenvalue weighted by Crippen LogP contribution is 2.30. The zero-order valence-electron chi connectivity index (χ0n) is 11.1. The van der Waals surface area contributed by atoms with Gasteiger partial charge in [-0.1, -0.05) is 40.8 Å². The van der Waals surface area contributed by atoms with E-state index in [1.807, 2.05) is 36.4 Å². The largest absolute Gasteiger partial charge is 0.424 e. The predicted octanol–water partition coefficient (Wildman–Crippen LogP) is 3.59. The molecule has 0 fully saturated rings. The second kappa shape index (κ2) is 5.01. The van der Waals surface area contributed by atoms with E-state index in [0.717, 1.165) is 17.1 Å². The average Bonchev–Trinajstić information content (AvgIpc) is 2.85. The molecule has 102 valence electrons. The van der Waals surface area contributed by atoms with Crippen LogP contribution in [0.1, 0.15) is 19.5 Å². The van der Waals surface area contributed by atoms with Crippen molar-refractivity contribution in [3.05, 3.63) is 48.4 Å². The molecule has 0 amide bonds. The van der Waals surface area contributed by atoms with Crippen LogP contribution < -0.4 is 4.74 Å². The number of hydrogen-bond acceptors (Lipinski definition) is 4. The predicted molar refractivity (Wildman–Crippen MR) is 84.3 cm³/mol. The normalized spacial score (nSPS) is 11.8. The molecule has 3 rings (SSSR count). The van der Waals surface area contributed by atoms with Crippen molar-refractivity contribution in [1.29, 1.82) is 0 Å². The first kappa shape index (κ1) is 13.3. The van der Waals surface area contributed by atoms with Crippen molar-refractivity contribution in [1.82, 2.24) is 19.6 Å². The number of hydrogen-bond donors (Lipinski definition) is 0. The fourth-order valence-electron chi connectivity index (χ4n) is 1.75. The van der Waals surface area contributed by atoms with Gasteiger partial charge >= 0.3 is 6.01 Å². The SMILES string of the molecule is CC(C)(I)c1cc2ncnc(Oc3ccccc3)n2n1. The molecule has 0 radical (unpaired) electrons. The van der Waals surface area contributed by atoms with Crippen LogP contribution in [-0.4, -0.2) is 19.6 Å². The van der Waals surface area contributed by atoms with E-state index in [4.69, 9.17) is 4.74 Å². The summed E-state index contributed by atoms with van der Waals surface area (Å²) in [4.78, 5) is 8.39. The van der Waals surface area contributed by atoms with Crippen molar-refractivity contribution in [2.45, 2.75) is 17.3 Å². The third-order valence-corrected chi connectivity index (χ3v) is 3.34. The summed E-state index contributed by atoms with van der Waals surface area (Å²) in [6.45, 7) is 4.20. The molecule has 2 heterocycles. The Morgan fingerprint density at radius 2 is 1.90 bits per heavy atom. The highest BCUT2D eigenvalue weighted by atomic mass is 127. The number of rotatable bonds is 3. The monoisotopic (exact) mass is 380 g/mol. The van der Waals surface area contributed by atoms with Crippen molar-refractivity contribution in [2.24, 2.45) is 0 Å². The molecule has 1 aromatic carbocycles. The van der Waals surface area contributed by atoms with Gasteiger partial charge in [0.25, 0.3) is 0 Å². The molecule has 2 aromatic heterocycles. The molecule has 20 heavy (non-hydrogen) atoms. The highest BCUT2D eigenvalue weighted by molar-refractivity contribution is 14.1. The fourth-order valence-corrected chi connectivity index (χ4v) is 2.01. The van der Waals surface area contributed by atoms with E-state index in [1.165, 1.54) is 6.33 Å². The Labute approximate surface area is 130 Å². The molecule has 0 N–H and O–H groups in total. The first-order valence-corrected chi connectivity index (χ1v) is 7.25. The molecular weight excluding hydrogens is 367 g/mol. The summed E-state index contributed by atoms with van der Waals surface area (Å²) >= 11 is 2.35. The maximum Gasteiger partial charge on any atom is 0.326 e. The molecule has 0 unspecified atom stereocenters. The summed E-state index contributed by atoms with van der Waals surface area (Å²) in [7, 11) is 0.